The average molecular weight is 223 g/mol. The minimum atomic E-state index is -0.388. The molecule has 1 N–H and O–H groups in total. The van der Waals surface area contributed by atoms with E-state index in [1.807, 2.05) is 0 Å². The summed E-state index contributed by atoms with van der Waals surface area (Å²) in [7, 11) is 0. The van der Waals surface area contributed by atoms with Crippen molar-refractivity contribution < 1.29 is 4.39 Å². The van der Waals surface area contributed by atoms with Crippen molar-refractivity contribution in [3.05, 3.63) is 18.2 Å². The van der Waals surface area contributed by atoms with Gasteiger partial charge in [0.2, 0.25) is 5.95 Å². The Labute approximate surface area is 95.5 Å². The number of anilines is 1. The lowest BCUT2D eigenvalue weighted by atomic mass is 9.84. The summed E-state index contributed by atoms with van der Waals surface area (Å²) in [5.41, 5.74) is 0. The second kappa shape index (κ2) is 5.23. The van der Waals surface area contributed by atoms with Gasteiger partial charge in [-0.3, -0.25) is 0 Å². The van der Waals surface area contributed by atoms with Gasteiger partial charge in [-0.05, 0) is 18.8 Å². The molecule has 1 aromatic heterocycles. The van der Waals surface area contributed by atoms with E-state index in [-0.39, 0.29) is 5.82 Å². The first kappa shape index (κ1) is 11.3. The molecule has 1 aliphatic rings. The smallest absolute Gasteiger partial charge is 0.222 e. The fraction of sp³-hybridized carbons (Fsp3) is 0.667. The molecule has 0 spiro atoms. The summed E-state index contributed by atoms with van der Waals surface area (Å²) in [5, 5.41) is 3.28. The van der Waals surface area contributed by atoms with E-state index in [1.54, 1.807) is 0 Å². The van der Waals surface area contributed by atoms with Gasteiger partial charge < -0.3 is 5.32 Å². The maximum absolute atomic E-state index is 12.6. The van der Waals surface area contributed by atoms with Crippen molar-refractivity contribution >= 4 is 5.95 Å². The summed E-state index contributed by atoms with van der Waals surface area (Å²) < 4.78 is 12.6. The van der Waals surface area contributed by atoms with Crippen LogP contribution >= 0.6 is 0 Å². The van der Waals surface area contributed by atoms with Crippen LogP contribution in [0.15, 0.2) is 12.4 Å². The molecule has 1 saturated carbocycles. The Bertz CT molecular complexity index is 326. The number of nitrogens with zero attached hydrogens (tertiary/aromatic N) is 2. The summed E-state index contributed by atoms with van der Waals surface area (Å²) in [6.45, 7) is 2.24. The Morgan fingerprint density at radius 2 is 2.12 bits per heavy atom. The average Bonchev–Trinajstić information content (AvgIpc) is 2.32. The van der Waals surface area contributed by atoms with Crippen molar-refractivity contribution in [1.29, 1.82) is 0 Å². The highest BCUT2D eigenvalue weighted by Gasteiger charge is 2.20. The van der Waals surface area contributed by atoms with Crippen molar-refractivity contribution in [3.8, 4) is 0 Å². The van der Waals surface area contributed by atoms with Crippen LogP contribution in [0.4, 0.5) is 10.3 Å². The predicted molar refractivity (Wildman–Crippen MR) is 61.6 cm³/mol. The molecule has 0 saturated heterocycles. The molecule has 1 fully saturated rings. The number of hydrogen-bond acceptors (Lipinski definition) is 3. The topological polar surface area (TPSA) is 37.8 Å². The highest BCUT2D eigenvalue weighted by Crippen LogP contribution is 2.27. The van der Waals surface area contributed by atoms with Gasteiger partial charge in [-0.25, -0.2) is 14.4 Å². The molecule has 0 radical (unpaired) electrons. The molecular weight excluding hydrogens is 205 g/mol. The largest absolute Gasteiger partial charge is 0.351 e. The number of hydrogen-bond donors (Lipinski definition) is 1. The summed E-state index contributed by atoms with van der Waals surface area (Å²) in [5.74, 6) is 0.968. The molecule has 0 bridgehead atoms. The molecule has 2 rings (SSSR count). The third kappa shape index (κ3) is 2.90. The van der Waals surface area contributed by atoms with E-state index in [1.165, 1.54) is 38.1 Å². The maximum Gasteiger partial charge on any atom is 0.222 e. The van der Waals surface area contributed by atoms with E-state index in [4.69, 9.17) is 0 Å². The molecule has 4 heteroatoms. The molecular formula is C12H18FN3. The standard InChI is InChI=1S/C12H18FN3/c1-2-9-4-3-5-11(6-9)16-12-14-7-10(13)8-15-12/h7-9,11H,2-6H2,1H3,(H,14,15,16). The third-order valence-electron chi connectivity index (χ3n) is 3.31. The lowest BCUT2D eigenvalue weighted by molar-refractivity contribution is 0.326. The summed E-state index contributed by atoms with van der Waals surface area (Å²) >= 11 is 0. The first-order valence-electron chi connectivity index (χ1n) is 6.02. The first-order chi connectivity index (χ1) is 7.78. The molecule has 1 aromatic rings. The van der Waals surface area contributed by atoms with Crippen LogP contribution in [0, 0.1) is 11.7 Å². The minimum Gasteiger partial charge on any atom is -0.351 e. The normalized spacial score (nSPS) is 25.4. The van der Waals surface area contributed by atoms with Crippen molar-refractivity contribution in [1.82, 2.24) is 9.97 Å². The fourth-order valence-electron chi connectivity index (χ4n) is 2.36. The Morgan fingerprint density at radius 1 is 1.38 bits per heavy atom. The highest BCUT2D eigenvalue weighted by atomic mass is 19.1. The molecule has 1 aliphatic carbocycles. The van der Waals surface area contributed by atoms with Crippen LogP contribution in [0.3, 0.4) is 0 Å². The zero-order valence-corrected chi connectivity index (χ0v) is 9.62. The summed E-state index contributed by atoms with van der Waals surface area (Å²) in [4.78, 5) is 7.85. The van der Waals surface area contributed by atoms with E-state index in [9.17, 15) is 4.39 Å². The fourth-order valence-corrected chi connectivity index (χ4v) is 2.36. The quantitative estimate of drug-likeness (QED) is 0.856. The van der Waals surface area contributed by atoms with Crippen LogP contribution in [0.25, 0.3) is 0 Å². The number of aromatic nitrogens is 2. The van der Waals surface area contributed by atoms with E-state index < -0.39 is 0 Å². The van der Waals surface area contributed by atoms with Crippen LogP contribution < -0.4 is 5.32 Å². The van der Waals surface area contributed by atoms with E-state index in [0.717, 1.165) is 12.3 Å². The highest BCUT2D eigenvalue weighted by molar-refractivity contribution is 5.24. The predicted octanol–water partition coefficient (Wildman–Crippen LogP) is 3.00. The van der Waals surface area contributed by atoms with Crippen LogP contribution in [0.1, 0.15) is 39.0 Å². The molecule has 0 aromatic carbocycles. The molecule has 16 heavy (non-hydrogen) atoms. The van der Waals surface area contributed by atoms with Crippen LogP contribution in [0.2, 0.25) is 0 Å². The second-order valence-corrected chi connectivity index (χ2v) is 4.51. The van der Waals surface area contributed by atoms with Crippen LogP contribution in [-0.4, -0.2) is 16.0 Å². The van der Waals surface area contributed by atoms with Crippen LogP contribution in [0.5, 0.6) is 0 Å². The van der Waals surface area contributed by atoms with Gasteiger partial charge >= 0.3 is 0 Å². The van der Waals surface area contributed by atoms with Crippen molar-refractivity contribution in [2.75, 3.05) is 5.32 Å². The van der Waals surface area contributed by atoms with Crippen molar-refractivity contribution in [3.63, 3.8) is 0 Å². The number of rotatable bonds is 3. The Kier molecular flexibility index (Phi) is 3.70. The molecule has 2 atom stereocenters. The van der Waals surface area contributed by atoms with Gasteiger partial charge in [0.1, 0.15) is 0 Å². The van der Waals surface area contributed by atoms with Gasteiger partial charge in [-0.15, -0.1) is 0 Å². The van der Waals surface area contributed by atoms with Gasteiger partial charge in [0, 0.05) is 6.04 Å². The Hall–Kier alpha value is -1.19. The van der Waals surface area contributed by atoms with Gasteiger partial charge in [0.15, 0.2) is 5.82 Å². The summed E-state index contributed by atoms with van der Waals surface area (Å²) in [6, 6.07) is 0.448. The number of halogens is 1. The third-order valence-corrected chi connectivity index (χ3v) is 3.31. The molecule has 0 amide bonds. The van der Waals surface area contributed by atoms with Gasteiger partial charge in [0.05, 0.1) is 12.4 Å². The summed E-state index contributed by atoms with van der Waals surface area (Å²) in [6.07, 6.45) is 8.58. The van der Waals surface area contributed by atoms with Gasteiger partial charge in [0.25, 0.3) is 0 Å². The molecule has 88 valence electrons. The van der Waals surface area contributed by atoms with E-state index in [0.29, 0.717) is 12.0 Å². The van der Waals surface area contributed by atoms with Gasteiger partial charge in [-0.1, -0.05) is 26.2 Å². The second-order valence-electron chi connectivity index (χ2n) is 4.51. The minimum absolute atomic E-state index is 0.388. The first-order valence-corrected chi connectivity index (χ1v) is 6.02. The zero-order chi connectivity index (χ0) is 11.4. The molecule has 0 aliphatic heterocycles. The lowest BCUT2D eigenvalue weighted by Gasteiger charge is -2.28. The number of nitrogens with one attached hydrogen (secondary N) is 1. The van der Waals surface area contributed by atoms with E-state index in [2.05, 4.69) is 22.2 Å². The van der Waals surface area contributed by atoms with E-state index >= 15 is 0 Å². The Balaban J connectivity index is 1.91. The monoisotopic (exact) mass is 223 g/mol. The van der Waals surface area contributed by atoms with Crippen molar-refractivity contribution in [2.24, 2.45) is 5.92 Å². The van der Waals surface area contributed by atoms with Crippen molar-refractivity contribution in [2.45, 2.75) is 45.1 Å². The molecule has 3 nitrogen and oxygen atoms in total. The molecule has 2 unspecified atom stereocenters. The van der Waals surface area contributed by atoms with Crippen LogP contribution in [-0.2, 0) is 0 Å². The van der Waals surface area contributed by atoms with Gasteiger partial charge in [-0.2, -0.15) is 0 Å². The SMILES string of the molecule is CCC1CCCC(Nc2ncc(F)cn2)C1. The lowest BCUT2D eigenvalue weighted by Crippen LogP contribution is -2.27. The zero-order valence-electron chi connectivity index (χ0n) is 9.62. The maximum atomic E-state index is 12.6. The molecule has 1 heterocycles. The Morgan fingerprint density at radius 3 is 2.81 bits per heavy atom.